The lowest BCUT2D eigenvalue weighted by molar-refractivity contribution is 0.175. The van der Waals surface area contributed by atoms with Crippen LogP contribution in [-0.4, -0.2) is 32.8 Å². The van der Waals surface area contributed by atoms with E-state index in [4.69, 9.17) is 4.98 Å². The summed E-state index contributed by atoms with van der Waals surface area (Å²) in [6, 6.07) is 2.12. The minimum Gasteiger partial charge on any atom is -0.297 e. The largest absolute Gasteiger partial charge is 0.297 e. The molecular weight excluding hydrogens is 304 g/mol. The second-order valence-corrected chi connectivity index (χ2v) is 8.72. The number of aryl methyl sites for hydroxylation is 1. The lowest BCUT2D eigenvalue weighted by Gasteiger charge is -2.31. The molecule has 0 unspecified atom stereocenters. The highest BCUT2D eigenvalue weighted by Crippen LogP contribution is 2.28. The summed E-state index contributed by atoms with van der Waals surface area (Å²) in [7, 11) is 1.98. The van der Waals surface area contributed by atoms with Gasteiger partial charge in [-0.1, -0.05) is 20.8 Å². The highest BCUT2D eigenvalue weighted by molar-refractivity contribution is 7.09. The molecule has 0 radical (unpaired) electrons. The molecule has 0 aliphatic carbocycles. The SMILES string of the molecule is Cn1ccc(CN2CCC(Cc3nc(C(C)(C)C)cs3)CC2)n1. The van der Waals surface area contributed by atoms with Gasteiger partial charge in [0.2, 0.25) is 0 Å². The Morgan fingerprint density at radius 3 is 2.57 bits per heavy atom. The molecule has 4 nitrogen and oxygen atoms in total. The smallest absolute Gasteiger partial charge is 0.0931 e. The molecule has 0 bridgehead atoms. The maximum absolute atomic E-state index is 4.86. The van der Waals surface area contributed by atoms with E-state index in [-0.39, 0.29) is 5.41 Å². The number of thiazole rings is 1. The van der Waals surface area contributed by atoms with Gasteiger partial charge in [0.05, 0.1) is 16.4 Å². The molecule has 2 aromatic heterocycles. The van der Waals surface area contributed by atoms with E-state index in [0.717, 1.165) is 18.9 Å². The predicted octanol–water partition coefficient (Wildman–Crippen LogP) is 3.63. The molecule has 0 saturated carbocycles. The molecule has 1 fully saturated rings. The number of piperidine rings is 1. The normalized spacial score (nSPS) is 17.7. The summed E-state index contributed by atoms with van der Waals surface area (Å²) in [6.07, 6.45) is 5.73. The molecule has 3 heterocycles. The van der Waals surface area contributed by atoms with E-state index < -0.39 is 0 Å². The lowest BCUT2D eigenvalue weighted by atomic mass is 9.92. The summed E-state index contributed by atoms with van der Waals surface area (Å²) in [5.41, 5.74) is 2.59. The van der Waals surface area contributed by atoms with E-state index in [1.54, 1.807) is 0 Å². The quantitative estimate of drug-likeness (QED) is 0.857. The molecule has 0 amide bonds. The van der Waals surface area contributed by atoms with Crippen molar-refractivity contribution in [3.63, 3.8) is 0 Å². The van der Waals surface area contributed by atoms with Gasteiger partial charge < -0.3 is 0 Å². The van der Waals surface area contributed by atoms with Crippen LogP contribution in [0.5, 0.6) is 0 Å². The van der Waals surface area contributed by atoms with Crippen LogP contribution in [0.2, 0.25) is 0 Å². The van der Waals surface area contributed by atoms with Gasteiger partial charge >= 0.3 is 0 Å². The average molecular weight is 333 g/mol. The van der Waals surface area contributed by atoms with Crippen molar-refractivity contribution >= 4 is 11.3 Å². The van der Waals surface area contributed by atoms with Gasteiger partial charge in [0, 0.05) is 37.0 Å². The van der Waals surface area contributed by atoms with E-state index in [1.807, 2.05) is 29.3 Å². The Morgan fingerprint density at radius 2 is 2.00 bits per heavy atom. The summed E-state index contributed by atoms with van der Waals surface area (Å²) in [5.74, 6) is 0.786. The number of hydrogen-bond acceptors (Lipinski definition) is 4. The van der Waals surface area contributed by atoms with E-state index >= 15 is 0 Å². The highest BCUT2D eigenvalue weighted by Gasteiger charge is 2.22. The second kappa shape index (κ2) is 6.73. The molecule has 2 aromatic rings. The van der Waals surface area contributed by atoms with Crippen LogP contribution in [0.15, 0.2) is 17.6 Å². The van der Waals surface area contributed by atoms with Gasteiger partial charge in [-0.05, 0) is 37.9 Å². The van der Waals surface area contributed by atoms with Crippen LogP contribution in [-0.2, 0) is 25.4 Å². The van der Waals surface area contributed by atoms with Crippen molar-refractivity contribution in [1.82, 2.24) is 19.7 Å². The van der Waals surface area contributed by atoms with Crippen molar-refractivity contribution in [3.05, 3.63) is 34.0 Å². The van der Waals surface area contributed by atoms with Gasteiger partial charge in [-0.15, -0.1) is 11.3 Å². The average Bonchev–Trinajstić information content (AvgIpc) is 3.10. The van der Waals surface area contributed by atoms with Crippen molar-refractivity contribution in [2.24, 2.45) is 13.0 Å². The molecule has 126 valence electrons. The van der Waals surface area contributed by atoms with Crippen molar-refractivity contribution in [2.75, 3.05) is 13.1 Å². The summed E-state index contributed by atoms with van der Waals surface area (Å²) in [5, 5.41) is 8.04. The first-order valence-electron chi connectivity index (χ1n) is 8.56. The van der Waals surface area contributed by atoms with Crippen molar-refractivity contribution in [2.45, 2.75) is 52.0 Å². The monoisotopic (exact) mass is 332 g/mol. The van der Waals surface area contributed by atoms with Gasteiger partial charge in [0.15, 0.2) is 0 Å². The molecule has 1 aliphatic rings. The molecule has 0 N–H and O–H groups in total. The Labute approximate surface area is 143 Å². The molecule has 1 saturated heterocycles. The first-order chi connectivity index (χ1) is 10.9. The van der Waals surface area contributed by atoms with E-state index in [0.29, 0.717) is 0 Å². The van der Waals surface area contributed by atoms with Crippen LogP contribution in [0.25, 0.3) is 0 Å². The Bertz CT molecular complexity index is 629. The molecule has 23 heavy (non-hydrogen) atoms. The fraction of sp³-hybridized carbons (Fsp3) is 0.667. The van der Waals surface area contributed by atoms with Crippen molar-refractivity contribution < 1.29 is 0 Å². The Hall–Kier alpha value is -1.20. The Morgan fingerprint density at radius 1 is 1.26 bits per heavy atom. The number of rotatable bonds is 4. The molecule has 3 rings (SSSR count). The molecule has 0 atom stereocenters. The standard InChI is InChI=1S/C18H28N4S/c1-18(2,3)16-13-23-17(19-16)11-14-5-9-22(10-6-14)12-15-7-8-21(4)20-15/h7-8,13-14H,5-6,9-12H2,1-4H3. The minimum atomic E-state index is 0.167. The molecule has 0 spiro atoms. The number of likely N-dealkylation sites (tertiary alicyclic amines) is 1. The molecule has 0 aromatic carbocycles. The van der Waals surface area contributed by atoms with Crippen LogP contribution in [0, 0.1) is 5.92 Å². The maximum Gasteiger partial charge on any atom is 0.0931 e. The van der Waals surface area contributed by atoms with Gasteiger partial charge in [-0.3, -0.25) is 9.58 Å². The van der Waals surface area contributed by atoms with Crippen molar-refractivity contribution in [3.8, 4) is 0 Å². The lowest BCUT2D eigenvalue weighted by Crippen LogP contribution is -2.34. The van der Waals surface area contributed by atoms with E-state index in [1.165, 1.54) is 42.3 Å². The first-order valence-corrected chi connectivity index (χ1v) is 9.44. The zero-order chi connectivity index (χ0) is 16.4. The molecular formula is C18H28N4S. The van der Waals surface area contributed by atoms with Gasteiger partial charge in [0.1, 0.15) is 0 Å². The number of nitrogens with zero attached hydrogens (tertiary/aromatic N) is 4. The summed E-state index contributed by atoms with van der Waals surface area (Å²) < 4.78 is 1.89. The fourth-order valence-electron chi connectivity index (χ4n) is 3.12. The minimum absolute atomic E-state index is 0.167. The summed E-state index contributed by atoms with van der Waals surface area (Å²) in [4.78, 5) is 7.39. The van der Waals surface area contributed by atoms with Gasteiger partial charge in [0.25, 0.3) is 0 Å². The van der Waals surface area contributed by atoms with Gasteiger partial charge in [-0.25, -0.2) is 4.98 Å². The molecule has 1 aliphatic heterocycles. The van der Waals surface area contributed by atoms with Crippen LogP contribution in [0.1, 0.15) is 50.0 Å². The highest BCUT2D eigenvalue weighted by atomic mass is 32.1. The Balaban J connectivity index is 1.48. The topological polar surface area (TPSA) is 34.0 Å². The zero-order valence-corrected chi connectivity index (χ0v) is 15.6. The van der Waals surface area contributed by atoms with Crippen LogP contribution in [0.4, 0.5) is 0 Å². The molecule has 5 heteroatoms. The number of hydrogen-bond donors (Lipinski definition) is 0. The van der Waals surface area contributed by atoms with E-state index in [9.17, 15) is 0 Å². The third-order valence-corrected chi connectivity index (χ3v) is 5.52. The third-order valence-electron chi connectivity index (χ3n) is 4.65. The second-order valence-electron chi connectivity index (χ2n) is 7.78. The van der Waals surface area contributed by atoms with Gasteiger partial charge in [-0.2, -0.15) is 5.10 Å². The fourth-order valence-corrected chi connectivity index (χ4v) is 4.26. The summed E-state index contributed by atoms with van der Waals surface area (Å²) >= 11 is 1.84. The van der Waals surface area contributed by atoms with Crippen LogP contribution < -0.4 is 0 Å². The van der Waals surface area contributed by atoms with Crippen LogP contribution >= 0.6 is 11.3 Å². The Kier molecular flexibility index (Phi) is 4.87. The maximum atomic E-state index is 4.86. The summed E-state index contributed by atoms with van der Waals surface area (Å²) in [6.45, 7) is 10.1. The van der Waals surface area contributed by atoms with E-state index in [2.05, 4.69) is 42.2 Å². The predicted molar refractivity (Wildman–Crippen MR) is 95.7 cm³/mol. The number of aromatic nitrogens is 3. The third kappa shape index (κ3) is 4.42. The van der Waals surface area contributed by atoms with Crippen molar-refractivity contribution in [1.29, 1.82) is 0 Å². The zero-order valence-electron chi connectivity index (χ0n) is 14.7. The van der Waals surface area contributed by atoms with Crippen LogP contribution in [0.3, 0.4) is 0 Å². The first kappa shape index (κ1) is 16.7.